The highest BCUT2D eigenvalue weighted by Gasteiger charge is 2.30. The number of hydrogen-bond donors (Lipinski definition) is 0. The molecule has 24 heavy (non-hydrogen) atoms. The highest BCUT2D eigenvalue weighted by atomic mass is 32.2. The summed E-state index contributed by atoms with van der Waals surface area (Å²) in [5, 5.41) is 8.28. The van der Waals surface area contributed by atoms with Crippen molar-refractivity contribution in [2.45, 2.75) is 63.0 Å². The molecule has 0 aliphatic carbocycles. The van der Waals surface area contributed by atoms with Gasteiger partial charge in [0.15, 0.2) is 0 Å². The molecule has 2 aromatic heterocycles. The summed E-state index contributed by atoms with van der Waals surface area (Å²) in [6.07, 6.45) is 6.00. The van der Waals surface area contributed by atoms with Gasteiger partial charge in [-0.05, 0) is 45.6 Å². The summed E-state index contributed by atoms with van der Waals surface area (Å²) in [5.74, 6) is 1.32. The van der Waals surface area contributed by atoms with Gasteiger partial charge in [0.05, 0.1) is 17.1 Å². The number of piperidine rings is 1. The zero-order valence-corrected chi connectivity index (χ0v) is 15.1. The monoisotopic (exact) mass is 349 g/mol. The molecule has 0 aromatic carbocycles. The lowest BCUT2D eigenvalue weighted by Crippen LogP contribution is -2.46. The van der Waals surface area contributed by atoms with E-state index in [1.54, 1.807) is 12.3 Å². The molecule has 6 nitrogen and oxygen atoms in total. The molecule has 0 bridgehead atoms. The number of amides is 1. The quantitative estimate of drug-likeness (QED) is 0.762. The molecule has 7 heteroatoms. The predicted octanol–water partition coefficient (Wildman–Crippen LogP) is 3.91. The van der Waals surface area contributed by atoms with Crippen LogP contribution in [-0.2, 0) is 4.79 Å². The van der Waals surface area contributed by atoms with Gasteiger partial charge in [0.25, 0.3) is 11.1 Å². The summed E-state index contributed by atoms with van der Waals surface area (Å²) in [4.78, 5) is 14.8. The van der Waals surface area contributed by atoms with Crippen LogP contribution in [0.5, 0.6) is 0 Å². The molecule has 0 saturated carbocycles. The number of likely N-dealkylation sites (tertiary alicyclic amines) is 1. The van der Waals surface area contributed by atoms with Crippen LogP contribution in [0.1, 0.15) is 45.3 Å². The average molecular weight is 349 g/mol. The fraction of sp³-hybridized carbons (Fsp3) is 0.588. The van der Waals surface area contributed by atoms with E-state index in [1.807, 2.05) is 18.7 Å². The Hall–Kier alpha value is -1.76. The normalized spacial score (nSPS) is 19.5. The summed E-state index contributed by atoms with van der Waals surface area (Å²) in [6.45, 7) is 6.75. The Bertz CT molecular complexity index is 697. The van der Waals surface area contributed by atoms with E-state index in [4.69, 9.17) is 8.83 Å². The van der Waals surface area contributed by atoms with Gasteiger partial charge in [-0.3, -0.25) is 4.79 Å². The third-order valence-electron chi connectivity index (χ3n) is 4.50. The number of carbonyl (C=O) groups excluding carboxylic acids is 1. The van der Waals surface area contributed by atoms with E-state index in [1.165, 1.54) is 18.2 Å². The van der Waals surface area contributed by atoms with Crippen molar-refractivity contribution in [2.75, 3.05) is 6.54 Å². The second-order valence-corrected chi connectivity index (χ2v) is 7.41. The number of rotatable bonds is 5. The van der Waals surface area contributed by atoms with Gasteiger partial charge < -0.3 is 13.7 Å². The predicted molar refractivity (Wildman–Crippen MR) is 91.7 cm³/mol. The number of aryl methyl sites for hydroxylation is 1. The van der Waals surface area contributed by atoms with Gasteiger partial charge >= 0.3 is 0 Å². The average Bonchev–Trinajstić information content (AvgIpc) is 3.22. The number of hydrogen-bond acceptors (Lipinski definition) is 6. The van der Waals surface area contributed by atoms with Crippen LogP contribution in [-0.4, -0.2) is 38.8 Å². The van der Waals surface area contributed by atoms with Crippen LogP contribution in [0.15, 0.2) is 26.4 Å². The molecule has 3 heterocycles. The van der Waals surface area contributed by atoms with Crippen molar-refractivity contribution in [3.63, 3.8) is 0 Å². The van der Waals surface area contributed by atoms with Crippen LogP contribution < -0.4 is 0 Å². The summed E-state index contributed by atoms with van der Waals surface area (Å²) in [5.41, 5.74) is 0.787. The van der Waals surface area contributed by atoms with Crippen LogP contribution in [0.2, 0.25) is 0 Å². The van der Waals surface area contributed by atoms with Crippen molar-refractivity contribution >= 4 is 17.7 Å². The van der Waals surface area contributed by atoms with Gasteiger partial charge in [-0.1, -0.05) is 18.7 Å². The maximum absolute atomic E-state index is 12.8. The van der Waals surface area contributed by atoms with E-state index in [0.29, 0.717) is 17.2 Å². The fourth-order valence-electron chi connectivity index (χ4n) is 3.12. The molecule has 1 aliphatic heterocycles. The van der Waals surface area contributed by atoms with Crippen molar-refractivity contribution in [3.05, 3.63) is 18.1 Å². The molecule has 0 spiro atoms. The fourth-order valence-corrected chi connectivity index (χ4v) is 3.88. The molecule has 1 saturated heterocycles. The standard InChI is InChI=1S/C17H23N3O3S/c1-4-13-7-5-6-9-20(13)16(21)12(3)24-17-19-18-15(23-17)14-8-10-22-11(14)2/h8,10,12-13H,4-7,9H2,1-3H3. The second kappa shape index (κ2) is 7.42. The number of thioether (sulfide) groups is 1. The second-order valence-electron chi connectivity index (χ2n) is 6.11. The van der Waals surface area contributed by atoms with Crippen LogP contribution in [0, 0.1) is 6.92 Å². The largest absolute Gasteiger partial charge is 0.469 e. The first-order chi connectivity index (χ1) is 11.6. The van der Waals surface area contributed by atoms with E-state index in [2.05, 4.69) is 17.1 Å². The van der Waals surface area contributed by atoms with Gasteiger partial charge in [-0.25, -0.2) is 0 Å². The Morgan fingerprint density at radius 2 is 2.29 bits per heavy atom. The summed E-state index contributed by atoms with van der Waals surface area (Å²) < 4.78 is 10.9. The molecular weight excluding hydrogens is 326 g/mol. The summed E-state index contributed by atoms with van der Waals surface area (Å²) in [7, 11) is 0. The van der Waals surface area contributed by atoms with Gasteiger partial charge in [-0.15, -0.1) is 10.2 Å². The lowest BCUT2D eigenvalue weighted by molar-refractivity contribution is -0.134. The lowest BCUT2D eigenvalue weighted by Gasteiger charge is -2.36. The molecular formula is C17H23N3O3S. The molecule has 2 atom stereocenters. The molecule has 1 aliphatic rings. The molecule has 0 radical (unpaired) electrons. The smallest absolute Gasteiger partial charge is 0.277 e. The Kier molecular flexibility index (Phi) is 5.28. The van der Waals surface area contributed by atoms with E-state index in [9.17, 15) is 4.79 Å². The van der Waals surface area contributed by atoms with Gasteiger partial charge in [0.2, 0.25) is 5.91 Å². The van der Waals surface area contributed by atoms with Gasteiger partial charge in [0.1, 0.15) is 5.76 Å². The Labute approximate surface area is 146 Å². The maximum Gasteiger partial charge on any atom is 0.277 e. The van der Waals surface area contributed by atoms with Crippen LogP contribution in [0.25, 0.3) is 11.5 Å². The van der Waals surface area contributed by atoms with Gasteiger partial charge in [-0.2, -0.15) is 0 Å². The van der Waals surface area contributed by atoms with Crippen molar-refractivity contribution < 1.29 is 13.6 Å². The Morgan fingerprint density at radius 3 is 3.00 bits per heavy atom. The molecule has 130 valence electrons. The molecule has 1 amide bonds. The van der Waals surface area contributed by atoms with Crippen molar-refractivity contribution in [1.82, 2.24) is 15.1 Å². The van der Waals surface area contributed by atoms with Crippen molar-refractivity contribution in [3.8, 4) is 11.5 Å². The first kappa shape index (κ1) is 17.1. The molecule has 2 aromatic rings. The zero-order chi connectivity index (χ0) is 17.1. The van der Waals surface area contributed by atoms with Crippen molar-refractivity contribution in [1.29, 1.82) is 0 Å². The van der Waals surface area contributed by atoms with E-state index in [-0.39, 0.29) is 11.2 Å². The first-order valence-corrected chi connectivity index (χ1v) is 9.33. The molecule has 2 unspecified atom stereocenters. The third-order valence-corrected chi connectivity index (χ3v) is 5.42. The van der Waals surface area contributed by atoms with E-state index >= 15 is 0 Å². The summed E-state index contributed by atoms with van der Waals surface area (Å²) >= 11 is 1.32. The maximum atomic E-state index is 12.8. The number of nitrogens with zero attached hydrogens (tertiary/aromatic N) is 3. The lowest BCUT2D eigenvalue weighted by atomic mass is 10.00. The third kappa shape index (κ3) is 3.50. The van der Waals surface area contributed by atoms with Crippen molar-refractivity contribution in [2.24, 2.45) is 0 Å². The molecule has 3 rings (SSSR count). The number of furan rings is 1. The van der Waals surface area contributed by atoms with Crippen LogP contribution in [0.3, 0.4) is 0 Å². The molecule has 0 N–H and O–H groups in total. The van der Waals surface area contributed by atoms with Gasteiger partial charge in [0, 0.05) is 12.6 Å². The van der Waals surface area contributed by atoms with E-state index < -0.39 is 0 Å². The SMILES string of the molecule is CCC1CCCCN1C(=O)C(C)Sc1nnc(-c2ccoc2C)o1. The highest BCUT2D eigenvalue weighted by Crippen LogP contribution is 2.30. The molecule has 1 fully saturated rings. The number of aromatic nitrogens is 2. The summed E-state index contributed by atoms with van der Waals surface area (Å²) in [6, 6.07) is 2.16. The minimum Gasteiger partial charge on any atom is -0.469 e. The Morgan fingerprint density at radius 1 is 1.46 bits per heavy atom. The first-order valence-electron chi connectivity index (χ1n) is 8.45. The Balaban J connectivity index is 1.66. The number of carbonyl (C=O) groups is 1. The van der Waals surface area contributed by atoms with Crippen LogP contribution >= 0.6 is 11.8 Å². The van der Waals surface area contributed by atoms with E-state index in [0.717, 1.165) is 37.1 Å². The minimum absolute atomic E-state index is 0.158. The van der Waals surface area contributed by atoms with Crippen LogP contribution in [0.4, 0.5) is 0 Å². The highest BCUT2D eigenvalue weighted by molar-refractivity contribution is 8.00. The topological polar surface area (TPSA) is 72.4 Å². The zero-order valence-electron chi connectivity index (χ0n) is 14.3. The minimum atomic E-state index is -0.240.